The van der Waals surface area contributed by atoms with Crippen molar-refractivity contribution in [2.45, 2.75) is 65.7 Å². The molecule has 6 amide bonds. The molecule has 8 N–H and O–H groups in total. The van der Waals surface area contributed by atoms with Crippen LogP contribution in [0.2, 0.25) is 0 Å². The van der Waals surface area contributed by atoms with Crippen LogP contribution in [0.25, 0.3) is 0 Å². The summed E-state index contributed by atoms with van der Waals surface area (Å²) in [5, 5.41) is 19.1. The largest absolute Gasteiger partial charge is 0.447 e. The lowest BCUT2D eigenvalue weighted by molar-refractivity contribution is -0.123. The fraction of sp³-hybridized carbons (Fsp3) is 0.563. The number of nitrogens with zero attached hydrogens (tertiary/aromatic N) is 3. The van der Waals surface area contributed by atoms with Crippen LogP contribution in [0.15, 0.2) is 137 Å². The number of hydrogen-bond acceptors (Lipinski definition) is 33. The highest BCUT2D eigenvalue weighted by Gasteiger charge is 2.22. The zero-order chi connectivity index (χ0) is 81.9. The molecule has 0 aromatic carbocycles. The average molecular weight is 1810 g/mol. The topological polar surface area (TPSA) is 346 Å². The van der Waals surface area contributed by atoms with Gasteiger partial charge in [-0.05, 0) is 144 Å². The minimum Gasteiger partial charge on any atom is -0.447 e. The quantitative estimate of drug-likeness (QED) is 0.00574. The number of pyridine rings is 5. The Morgan fingerprint density at radius 2 is 0.732 bits per heavy atom. The number of methoxy groups -OCH3 is 4. The molecule has 0 aliphatic rings. The molecule has 5 aromatic rings. The highest BCUT2D eigenvalue weighted by atomic mass is 33.1. The van der Waals surface area contributed by atoms with Crippen LogP contribution in [0.1, 0.15) is 38.5 Å². The molecule has 0 aliphatic carbocycles. The Morgan fingerprint density at radius 3 is 1.04 bits per heavy atom. The van der Waals surface area contributed by atoms with Crippen molar-refractivity contribution in [2.75, 3.05) is 206 Å². The lowest BCUT2D eigenvalue weighted by atomic mass is 10.1. The van der Waals surface area contributed by atoms with E-state index in [1.165, 1.54) is 28.4 Å². The fourth-order valence-electron chi connectivity index (χ4n) is 7.18. The van der Waals surface area contributed by atoms with E-state index in [1.807, 2.05) is 134 Å². The van der Waals surface area contributed by atoms with E-state index >= 15 is 0 Å². The number of rotatable bonds is 56. The maximum absolute atomic E-state index is 12.6. The van der Waals surface area contributed by atoms with Crippen LogP contribution in [-0.4, -0.2) is 279 Å². The zero-order valence-electron chi connectivity index (χ0n) is 64.5. The van der Waals surface area contributed by atoms with Gasteiger partial charge in [-0.15, -0.1) is 0 Å². The van der Waals surface area contributed by atoms with Crippen LogP contribution in [-0.2, 0) is 61.7 Å². The molecule has 632 valence electrons. The summed E-state index contributed by atoms with van der Waals surface area (Å²) in [5.41, 5.74) is 0. The van der Waals surface area contributed by atoms with Crippen molar-refractivity contribution in [1.82, 2.24) is 56.8 Å². The number of thiol groups is 1. The summed E-state index contributed by atoms with van der Waals surface area (Å²) in [4.78, 5) is 89.8. The Kier molecular flexibility index (Phi) is 81.5. The molecule has 41 heteroatoms. The summed E-state index contributed by atoms with van der Waals surface area (Å²) in [6.45, 7) is 8.16. The van der Waals surface area contributed by atoms with Crippen LogP contribution in [0.5, 0.6) is 0 Å². The molecule has 0 saturated heterocycles. The summed E-state index contributed by atoms with van der Waals surface area (Å²) in [6, 6.07) is 27.7. The highest BCUT2D eigenvalue weighted by Crippen LogP contribution is 2.30. The molecule has 112 heavy (non-hydrogen) atoms. The standard InChI is InChI=1S/C21H41N3O8S3.C16H31N3O7S.C14H16N2OS4.C10H15NOS3.2C5H5NS/c1-28-9-11-31-20(26)23-7-5-4-6-18(24-21(27)32-12-10-29-2)19(25)22-8-15-34-35-17-14-30-13-16-33-3;1-23-8-10-25-15(21)18-6-4-3-5-13(14(20)17-7-12-27)19-16(22)26-11-9-24-2;1-3-7-15-13(5-1)20-18-11-9-17-10-12-19-21-14-6-2-4-8-16-14;1-13-8-6-12-7-9-14-15-10-4-2-3-5-11-10;2*7-5-3-1-2-4-6-5/h18H,4-17H2,1-3H3,(H,22,25)(H,23,26)(H,24,27);13,27H,3-12H2,1-2H3,(H,17,20)(H,18,21)(H,19,22);1-8H,9-12H2;2-5H,6-9H2,1H3;2*1-4H,(H,6,7). The SMILES string of the molecule is COCCOC(=O)NCCCCC(NC(=O)OCCOC)C(=O)NCCS.COCCOC(=O)NCCCCC(NC(=O)OCCOC)C(=O)NCCSSCCOCCSC.CSCCOCCSSc1ccccn1.S=c1cccc[nH]1.S=c1cccc[nH]1.c1ccc(SSCCOCCSSc2ccccn2)nc1. The lowest BCUT2D eigenvalue weighted by Crippen LogP contribution is -2.47. The maximum Gasteiger partial charge on any atom is 0.407 e. The monoisotopic (exact) mass is 1810 g/mol. The number of thioether (sulfide) groups is 2. The first-order valence-corrected chi connectivity index (χ1v) is 49.1. The number of carbonyl (C=O) groups excluding carboxylic acids is 6. The van der Waals surface area contributed by atoms with Crippen molar-refractivity contribution < 1.29 is 80.9 Å². The van der Waals surface area contributed by atoms with Crippen molar-refractivity contribution >= 4 is 183 Å². The molecule has 5 heterocycles. The summed E-state index contributed by atoms with van der Waals surface area (Å²) < 4.78 is 57.0. The van der Waals surface area contributed by atoms with Gasteiger partial charge in [0.15, 0.2) is 0 Å². The molecule has 28 nitrogen and oxygen atoms in total. The minimum atomic E-state index is -0.735. The van der Waals surface area contributed by atoms with Gasteiger partial charge >= 0.3 is 24.4 Å². The van der Waals surface area contributed by atoms with E-state index < -0.39 is 36.5 Å². The molecular formula is C71H113N11O17S13. The van der Waals surface area contributed by atoms with Gasteiger partial charge in [-0.2, -0.15) is 36.2 Å². The molecule has 0 aliphatic heterocycles. The van der Waals surface area contributed by atoms with E-state index in [-0.39, 0.29) is 51.5 Å². The molecule has 2 unspecified atom stereocenters. The number of hydrogen-bond donors (Lipinski definition) is 9. The van der Waals surface area contributed by atoms with Crippen molar-refractivity contribution in [3.8, 4) is 0 Å². The minimum absolute atomic E-state index is 0.0979. The van der Waals surface area contributed by atoms with Crippen molar-refractivity contribution in [3.63, 3.8) is 0 Å². The van der Waals surface area contributed by atoms with Gasteiger partial charge in [0.05, 0.1) is 66.1 Å². The van der Waals surface area contributed by atoms with Gasteiger partial charge in [-0.25, -0.2) is 34.1 Å². The Hall–Kier alpha value is -4.22. The Bertz CT molecular complexity index is 3000. The molecule has 2 atom stereocenters. The molecule has 0 spiro atoms. The number of aromatic nitrogens is 5. The molecule has 0 radical (unpaired) electrons. The second-order valence-corrected chi connectivity index (χ2v) is 34.5. The highest BCUT2D eigenvalue weighted by molar-refractivity contribution is 8.77. The second-order valence-electron chi connectivity index (χ2n) is 21.2. The number of alkyl carbamates (subject to hydrolysis) is 4. The van der Waals surface area contributed by atoms with Crippen LogP contribution in [0.3, 0.4) is 0 Å². The molecule has 0 bridgehead atoms. The van der Waals surface area contributed by atoms with E-state index in [9.17, 15) is 28.8 Å². The zero-order valence-corrected chi connectivity index (χ0v) is 75.1. The average Bonchev–Trinajstić information content (AvgIpc) is 0.933. The first-order valence-electron chi connectivity index (χ1n) is 35.4. The third-order valence-electron chi connectivity index (χ3n) is 12.5. The van der Waals surface area contributed by atoms with E-state index in [4.69, 9.17) is 76.5 Å². The molecule has 0 saturated carbocycles. The third-order valence-corrected chi connectivity index (χ3v) is 23.4. The Morgan fingerprint density at radius 1 is 0.393 bits per heavy atom. The number of carbonyl (C=O) groups is 6. The van der Waals surface area contributed by atoms with Gasteiger partial charge in [0.1, 0.15) is 62.9 Å². The fourth-order valence-corrected chi connectivity index (χ4v) is 15.1. The number of ether oxygens (including phenoxy) is 11. The summed E-state index contributed by atoms with van der Waals surface area (Å²) in [7, 11) is 19.8. The molecule has 5 rings (SSSR count). The predicted octanol–water partition coefficient (Wildman–Crippen LogP) is 13.8. The molecule has 0 fully saturated rings. The third kappa shape index (κ3) is 74.6. The number of H-pyrrole nitrogens is 2. The normalized spacial score (nSPS) is 10.8. The van der Waals surface area contributed by atoms with Crippen LogP contribution >= 0.6 is 147 Å². The Labute approximate surface area is 717 Å². The first kappa shape index (κ1) is 108. The first-order chi connectivity index (χ1) is 54.8. The van der Waals surface area contributed by atoms with Crippen LogP contribution in [0, 0.1) is 9.28 Å². The van der Waals surface area contributed by atoms with Gasteiger partial charge in [-0.3, -0.25) is 9.59 Å². The van der Waals surface area contributed by atoms with Gasteiger partial charge < -0.3 is 94.0 Å². The van der Waals surface area contributed by atoms with Crippen molar-refractivity contribution in [1.29, 1.82) is 0 Å². The maximum atomic E-state index is 12.6. The number of amides is 6. The van der Waals surface area contributed by atoms with Crippen LogP contribution < -0.4 is 31.9 Å². The van der Waals surface area contributed by atoms with Gasteiger partial charge in [0, 0.05) is 132 Å². The summed E-state index contributed by atoms with van der Waals surface area (Å²) in [6.07, 6.45) is 14.1. The Balaban J connectivity index is 0.00000142. The van der Waals surface area contributed by atoms with Gasteiger partial charge in [-0.1, -0.05) is 109 Å². The number of aromatic amines is 2. The predicted molar refractivity (Wildman–Crippen MR) is 475 cm³/mol. The second kappa shape index (κ2) is 84.7. The van der Waals surface area contributed by atoms with Crippen molar-refractivity contribution in [3.05, 3.63) is 131 Å². The van der Waals surface area contributed by atoms with E-state index in [0.717, 1.165) is 97.7 Å². The van der Waals surface area contributed by atoms with Crippen LogP contribution in [0.4, 0.5) is 19.2 Å². The van der Waals surface area contributed by atoms with E-state index in [0.29, 0.717) is 90.3 Å². The smallest absolute Gasteiger partial charge is 0.407 e. The van der Waals surface area contributed by atoms with E-state index in [2.05, 4.69) is 82.0 Å². The molecule has 5 aromatic heterocycles. The van der Waals surface area contributed by atoms with Gasteiger partial charge in [0.2, 0.25) is 11.8 Å². The van der Waals surface area contributed by atoms with Gasteiger partial charge in [0.25, 0.3) is 0 Å². The van der Waals surface area contributed by atoms with E-state index in [1.54, 1.807) is 98.1 Å². The number of unbranched alkanes of at least 4 members (excludes halogenated alkanes) is 2. The number of nitrogens with one attached hydrogen (secondary N) is 8. The molecular weight excluding hydrogens is 1700 g/mol. The summed E-state index contributed by atoms with van der Waals surface area (Å²) >= 11 is 17.1. The lowest BCUT2D eigenvalue weighted by Gasteiger charge is -2.18. The van der Waals surface area contributed by atoms with Crippen molar-refractivity contribution in [2.24, 2.45) is 0 Å². The summed E-state index contributed by atoms with van der Waals surface area (Å²) in [5.74, 6) is 6.57.